The maximum atomic E-state index is 15.2. The summed E-state index contributed by atoms with van der Waals surface area (Å²) in [6, 6.07) is 15.4. The number of rotatable bonds is 9. The number of carbonyl (C=O) groups is 1. The Kier molecular flexibility index (Phi) is 9.92. The van der Waals surface area contributed by atoms with Gasteiger partial charge in [-0.1, -0.05) is 23.7 Å². The second-order valence-corrected chi connectivity index (χ2v) is 13.9. The fourth-order valence-electron chi connectivity index (χ4n) is 5.01. The van der Waals surface area contributed by atoms with Gasteiger partial charge in [0.15, 0.2) is 0 Å². The van der Waals surface area contributed by atoms with E-state index in [9.17, 15) is 13.2 Å². The highest BCUT2D eigenvalue weighted by molar-refractivity contribution is 7.92. The van der Waals surface area contributed by atoms with Gasteiger partial charge in [-0.3, -0.25) is 4.72 Å². The summed E-state index contributed by atoms with van der Waals surface area (Å²) in [5.74, 6) is 0.0964. The first-order valence-corrected chi connectivity index (χ1v) is 16.6. The third-order valence-electron chi connectivity index (χ3n) is 7.12. The number of nitrogens with one attached hydrogen (secondary N) is 4. The molecule has 1 fully saturated rings. The summed E-state index contributed by atoms with van der Waals surface area (Å²) in [5.41, 5.74) is 0.753. The third kappa shape index (κ3) is 8.61. The van der Waals surface area contributed by atoms with Crippen LogP contribution in [0.25, 0.3) is 11.3 Å². The Morgan fingerprint density at radius 1 is 0.957 bits per heavy atom. The maximum Gasteiger partial charge on any atom is 0.407 e. The highest BCUT2D eigenvalue weighted by Crippen LogP contribution is 2.31. The van der Waals surface area contributed by atoms with Crippen LogP contribution in [-0.4, -0.2) is 47.1 Å². The van der Waals surface area contributed by atoms with Crippen LogP contribution in [0.2, 0.25) is 5.02 Å². The molecule has 46 heavy (non-hydrogen) atoms. The van der Waals surface area contributed by atoms with Crippen molar-refractivity contribution in [2.75, 3.05) is 15.4 Å². The van der Waals surface area contributed by atoms with Crippen LogP contribution < -0.4 is 20.7 Å². The van der Waals surface area contributed by atoms with E-state index in [1.165, 1.54) is 24.3 Å². The minimum Gasteiger partial charge on any atom is -0.444 e. The smallest absolute Gasteiger partial charge is 0.407 e. The lowest BCUT2D eigenvalue weighted by Gasteiger charge is -2.30. The number of hydrogen-bond acceptors (Lipinski definition) is 9. The van der Waals surface area contributed by atoms with E-state index in [0.717, 1.165) is 31.7 Å². The molecule has 1 saturated carbocycles. The first kappa shape index (κ1) is 32.9. The molecule has 0 atom stereocenters. The monoisotopic (exact) mass is 667 g/mol. The molecule has 0 aliphatic heterocycles. The average molecular weight is 668 g/mol. The molecule has 5 rings (SSSR count). The zero-order chi connectivity index (χ0) is 32.9. The average Bonchev–Trinajstić information content (AvgIpc) is 2.99. The summed E-state index contributed by atoms with van der Waals surface area (Å²) in [6.07, 6.45) is 6.01. The number of anilines is 4. The maximum absolute atomic E-state index is 15.2. The third-order valence-corrected chi connectivity index (χ3v) is 9.00. The molecule has 4 aromatic rings. The van der Waals surface area contributed by atoms with E-state index in [1.807, 2.05) is 20.8 Å². The largest absolute Gasteiger partial charge is 0.444 e. The van der Waals surface area contributed by atoms with Crippen LogP contribution in [0.5, 0.6) is 0 Å². The Morgan fingerprint density at radius 2 is 1.70 bits per heavy atom. The number of halogens is 2. The summed E-state index contributed by atoms with van der Waals surface area (Å²) >= 11 is 6.04. The predicted octanol–water partition coefficient (Wildman–Crippen LogP) is 7.12. The molecule has 0 unspecified atom stereocenters. The van der Waals surface area contributed by atoms with E-state index in [-0.39, 0.29) is 33.4 Å². The van der Waals surface area contributed by atoms with Gasteiger partial charge in [0.1, 0.15) is 22.1 Å². The molecule has 0 saturated heterocycles. The van der Waals surface area contributed by atoms with Crippen LogP contribution in [-0.2, 0) is 14.8 Å². The predicted molar refractivity (Wildman–Crippen MR) is 176 cm³/mol. The Morgan fingerprint density at radius 3 is 2.41 bits per heavy atom. The Hall–Kier alpha value is -4.49. The van der Waals surface area contributed by atoms with E-state index >= 15 is 4.39 Å². The molecule has 0 radical (unpaired) electrons. The first-order valence-electron chi connectivity index (χ1n) is 14.7. The summed E-state index contributed by atoms with van der Waals surface area (Å²) in [4.78, 5) is 25.5. The van der Waals surface area contributed by atoms with Crippen molar-refractivity contribution in [2.45, 2.75) is 69.0 Å². The van der Waals surface area contributed by atoms with Crippen LogP contribution in [0.4, 0.5) is 32.3 Å². The number of hydrogen-bond donors (Lipinski definition) is 4. The van der Waals surface area contributed by atoms with Gasteiger partial charge in [-0.2, -0.15) is 0 Å². The van der Waals surface area contributed by atoms with Gasteiger partial charge >= 0.3 is 6.09 Å². The van der Waals surface area contributed by atoms with Crippen molar-refractivity contribution in [1.82, 2.24) is 20.3 Å². The van der Waals surface area contributed by atoms with Crippen LogP contribution in [0.15, 0.2) is 78.0 Å². The molecule has 2 heterocycles. The van der Waals surface area contributed by atoms with E-state index in [0.29, 0.717) is 23.0 Å². The number of pyridine rings is 1. The summed E-state index contributed by atoms with van der Waals surface area (Å²) in [6.45, 7) is 5.50. The standard InChI is InChI=1S/C32H35ClFN7O4S/c1-32(2,3)45-31(42)38-21-12-10-20(11-13-21)37-30-36-18-16-26(40-30)23-7-6-17-35-29(23)39-27-15-14-22(19-25(27)34)41-46(43,44)28-9-5-4-8-24(28)33/h4-9,14-21,41H,10-13H2,1-3H3,(H,35,39)(H,38,42)(H,36,37,40). The second kappa shape index (κ2) is 13.9. The Balaban J connectivity index is 1.24. The first-order chi connectivity index (χ1) is 21.9. The normalized spacial score (nSPS) is 16.7. The lowest BCUT2D eigenvalue weighted by molar-refractivity contribution is 0.0492. The molecule has 242 valence electrons. The minimum absolute atomic E-state index is 0.0328. The Bertz CT molecular complexity index is 1810. The van der Waals surface area contributed by atoms with Gasteiger partial charge < -0.3 is 20.7 Å². The Labute approximate surface area is 272 Å². The van der Waals surface area contributed by atoms with E-state index in [2.05, 4.69) is 35.6 Å². The molecule has 11 nitrogen and oxygen atoms in total. The number of amides is 1. The molecule has 2 aromatic heterocycles. The quantitative estimate of drug-likeness (QED) is 0.146. The molecule has 1 aliphatic carbocycles. The van der Waals surface area contributed by atoms with Gasteiger partial charge in [0.25, 0.3) is 10.0 Å². The van der Waals surface area contributed by atoms with Crippen LogP contribution >= 0.6 is 11.6 Å². The van der Waals surface area contributed by atoms with E-state index < -0.39 is 27.5 Å². The molecular formula is C32H35ClFN7O4S. The molecule has 1 amide bonds. The SMILES string of the molecule is CC(C)(C)OC(=O)NC1CCC(Nc2nccc(-c3cccnc3Nc3ccc(NS(=O)(=O)c4ccccc4Cl)cc3F)n2)CC1. The molecule has 2 aromatic carbocycles. The number of carbonyl (C=O) groups excluding carboxylic acids is 1. The van der Waals surface area contributed by atoms with E-state index in [1.54, 1.807) is 42.7 Å². The van der Waals surface area contributed by atoms with Gasteiger partial charge in [0, 0.05) is 36.1 Å². The van der Waals surface area contributed by atoms with Crippen molar-refractivity contribution in [3.05, 3.63) is 83.9 Å². The van der Waals surface area contributed by atoms with Crippen LogP contribution in [0.3, 0.4) is 0 Å². The van der Waals surface area contributed by atoms with Gasteiger partial charge in [-0.05, 0) is 88.9 Å². The molecule has 1 aliphatic rings. The highest BCUT2D eigenvalue weighted by Gasteiger charge is 2.25. The van der Waals surface area contributed by atoms with Crippen molar-refractivity contribution in [3.8, 4) is 11.3 Å². The highest BCUT2D eigenvalue weighted by atomic mass is 35.5. The lowest BCUT2D eigenvalue weighted by Crippen LogP contribution is -2.42. The van der Waals surface area contributed by atoms with Crippen molar-refractivity contribution >= 4 is 50.9 Å². The zero-order valence-corrected chi connectivity index (χ0v) is 27.1. The molecule has 0 spiro atoms. The fraction of sp³-hybridized carbons (Fsp3) is 0.312. The lowest BCUT2D eigenvalue weighted by atomic mass is 9.91. The van der Waals surface area contributed by atoms with Crippen molar-refractivity contribution in [2.24, 2.45) is 0 Å². The van der Waals surface area contributed by atoms with Gasteiger partial charge in [-0.15, -0.1) is 0 Å². The van der Waals surface area contributed by atoms with Gasteiger partial charge in [-0.25, -0.2) is 32.6 Å². The summed E-state index contributed by atoms with van der Waals surface area (Å²) in [5, 5.41) is 9.39. The zero-order valence-electron chi connectivity index (χ0n) is 25.6. The van der Waals surface area contributed by atoms with E-state index in [4.69, 9.17) is 16.3 Å². The molecule has 4 N–H and O–H groups in total. The number of alkyl carbamates (subject to hydrolysis) is 1. The topological polar surface area (TPSA) is 147 Å². The summed E-state index contributed by atoms with van der Waals surface area (Å²) in [7, 11) is -4.03. The van der Waals surface area contributed by atoms with Gasteiger partial charge in [0.2, 0.25) is 5.95 Å². The number of ether oxygens (including phenoxy) is 1. The molecular weight excluding hydrogens is 633 g/mol. The number of sulfonamides is 1. The van der Waals surface area contributed by atoms with Crippen molar-refractivity contribution < 1.29 is 22.3 Å². The fourth-order valence-corrected chi connectivity index (χ4v) is 6.58. The second-order valence-electron chi connectivity index (χ2n) is 11.9. The molecule has 0 bridgehead atoms. The van der Waals surface area contributed by atoms with Crippen LogP contribution in [0, 0.1) is 5.82 Å². The minimum atomic E-state index is -4.03. The van der Waals surface area contributed by atoms with Gasteiger partial charge in [0.05, 0.1) is 22.1 Å². The van der Waals surface area contributed by atoms with Crippen molar-refractivity contribution in [1.29, 1.82) is 0 Å². The number of benzene rings is 2. The summed E-state index contributed by atoms with van der Waals surface area (Å²) < 4.78 is 48.5. The number of nitrogens with zero attached hydrogens (tertiary/aromatic N) is 3. The van der Waals surface area contributed by atoms with Crippen molar-refractivity contribution in [3.63, 3.8) is 0 Å². The molecule has 14 heteroatoms. The van der Waals surface area contributed by atoms with Crippen LogP contribution in [0.1, 0.15) is 46.5 Å². The number of aromatic nitrogens is 3.